The quantitative estimate of drug-likeness (QED) is 0.0300. The van der Waals surface area contributed by atoms with Crippen LogP contribution in [-0.2, 0) is 10.1 Å². The van der Waals surface area contributed by atoms with Crippen molar-refractivity contribution in [2.45, 2.75) is 4.90 Å². The van der Waals surface area contributed by atoms with E-state index in [2.05, 4.69) is 32.1 Å². The number of rotatable bonds is 15. The molecule has 0 radical (unpaired) electrons. The first-order valence-corrected chi connectivity index (χ1v) is 21.9. The average Bonchev–Trinajstić information content (AvgIpc) is 3.25. The van der Waals surface area contributed by atoms with Crippen LogP contribution in [0.3, 0.4) is 0 Å². The second-order valence-electron chi connectivity index (χ2n) is 13.4. The Kier molecular flexibility index (Phi) is 16.8. The third-order valence-corrected chi connectivity index (χ3v) is 11.4. The van der Waals surface area contributed by atoms with Crippen LogP contribution in [0, 0.1) is 0 Å². The van der Waals surface area contributed by atoms with Gasteiger partial charge in [-0.05, 0) is 83.9 Å². The van der Waals surface area contributed by atoms with Gasteiger partial charge in [0.05, 0.1) is 56.3 Å². The summed E-state index contributed by atoms with van der Waals surface area (Å²) in [6.07, 6.45) is 11.3. The van der Waals surface area contributed by atoms with Crippen molar-refractivity contribution in [3.8, 4) is 0 Å². The Morgan fingerprint density at radius 3 is 1.19 bits per heavy atom. The van der Waals surface area contributed by atoms with E-state index >= 15 is 0 Å². The minimum atomic E-state index is -4.58. The second-order valence-corrected chi connectivity index (χ2v) is 16.9. The SMILES string of the molecule is O=S(=O)(O)c1cc(NC2=CN(Nc3ccccc3)C=C(Nc3ccccc3)S2)ccc1C=Cc1ccc(NC2=CN(Nc3ccccc3)C=C(Nc3ccccc3)S2)cc1.[NaH].[NaH]. The van der Waals surface area contributed by atoms with Gasteiger partial charge in [0.1, 0.15) is 4.90 Å². The number of benzene rings is 6. The third kappa shape index (κ3) is 13.5. The number of anilines is 6. The Hall–Kier alpha value is -4.97. The van der Waals surface area contributed by atoms with Gasteiger partial charge in [-0.1, -0.05) is 127 Å². The van der Waals surface area contributed by atoms with Crippen LogP contribution in [0.1, 0.15) is 11.1 Å². The van der Waals surface area contributed by atoms with Crippen molar-refractivity contribution < 1.29 is 13.0 Å². The summed E-state index contributed by atoms with van der Waals surface area (Å²) in [5.41, 5.74) is 13.0. The molecule has 8 rings (SSSR count). The van der Waals surface area contributed by atoms with Gasteiger partial charge in [-0.3, -0.25) is 25.4 Å². The summed E-state index contributed by atoms with van der Waals surface area (Å²) >= 11 is 3.01. The first-order chi connectivity index (χ1) is 29.3. The summed E-state index contributed by atoms with van der Waals surface area (Å²) in [4.78, 5) is -0.219. The van der Waals surface area contributed by atoms with Crippen molar-refractivity contribution in [3.63, 3.8) is 0 Å². The number of hydrogen-bond acceptors (Lipinski definition) is 12. The van der Waals surface area contributed by atoms with E-state index in [9.17, 15) is 13.0 Å². The summed E-state index contributed by atoms with van der Waals surface area (Å²) in [5.74, 6) is 0. The summed E-state index contributed by atoms with van der Waals surface area (Å²) in [6, 6.07) is 52.2. The molecule has 0 aromatic heterocycles. The first kappa shape index (κ1) is 46.5. The van der Waals surface area contributed by atoms with E-state index in [4.69, 9.17) is 0 Å². The maximum atomic E-state index is 12.7. The zero-order valence-electron chi connectivity index (χ0n) is 31.9. The summed E-state index contributed by atoms with van der Waals surface area (Å²) in [5, 5.41) is 20.8. The van der Waals surface area contributed by atoms with Gasteiger partial charge in [0.25, 0.3) is 10.1 Å². The molecule has 7 N–H and O–H groups in total. The molecule has 0 amide bonds. The van der Waals surface area contributed by atoms with Gasteiger partial charge in [-0.25, -0.2) is 0 Å². The van der Waals surface area contributed by atoms with Gasteiger partial charge in [0.15, 0.2) is 0 Å². The van der Waals surface area contributed by atoms with Crippen LogP contribution < -0.4 is 32.1 Å². The fourth-order valence-electron chi connectivity index (χ4n) is 6.05. The van der Waals surface area contributed by atoms with Crippen molar-refractivity contribution in [3.05, 3.63) is 220 Å². The summed E-state index contributed by atoms with van der Waals surface area (Å²) in [6.45, 7) is 0. The number of hydrogen-bond donors (Lipinski definition) is 7. The minimum absolute atomic E-state index is 0. The van der Waals surface area contributed by atoms with E-state index in [-0.39, 0.29) is 64.0 Å². The zero-order chi connectivity index (χ0) is 41.2. The van der Waals surface area contributed by atoms with E-state index in [0.717, 1.165) is 49.1 Å². The summed E-state index contributed by atoms with van der Waals surface area (Å²) in [7, 11) is -4.58. The van der Waals surface area contributed by atoms with Gasteiger partial charge < -0.3 is 21.3 Å². The van der Waals surface area contributed by atoms with Gasteiger partial charge in [-0.15, -0.1) is 0 Å². The number of para-hydroxylation sites is 4. The Morgan fingerprint density at radius 2 is 0.790 bits per heavy atom. The van der Waals surface area contributed by atoms with Crippen molar-refractivity contribution >= 4 is 139 Å². The molecule has 0 unspecified atom stereocenters. The van der Waals surface area contributed by atoms with Crippen LogP contribution in [0.4, 0.5) is 34.1 Å². The number of thioether (sulfide) groups is 2. The Balaban J connectivity index is 0.00000321. The second kappa shape index (κ2) is 22.4. The number of hydrazine groups is 2. The number of nitrogens with zero attached hydrogens (tertiary/aromatic N) is 2. The first-order valence-electron chi connectivity index (χ1n) is 18.8. The molecule has 16 heteroatoms. The summed E-state index contributed by atoms with van der Waals surface area (Å²) < 4.78 is 35.7. The van der Waals surface area contributed by atoms with Crippen molar-refractivity contribution in [2.75, 3.05) is 32.1 Å². The molecule has 0 atom stereocenters. The van der Waals surface area contributed by atoms with E-state index < -0.39 is 10.1 Å². The normalized spacial score (nSPS) is 13.6. The molecule has 11 nitrogen and oxygen atoms in total. The topological polar surface area (TPSA) is 133 Å². The van der Waals surface area contributed by atoms with Crippen molar-refractivity contribution in [2.24, 2.45) is 0 Å². The third-order valence-electron chi connectivity index (χ3n) is 8.80. The molecule has 2 aliphatic heterocycles. The molecule has 304 valence electrons. The van der Waals surface area contributed by atoms with Gasteiger partial charge in [0, 0.05) is 22.7 Å². The standard InChI is InChI=1S/C46H40N8O3S3.2Na.2H/c55-60(56,57)42-29-41(50-46-33-54(52-40-19-11-4-12-20-40)31-44(59-46)48-37-15-7-2-8-16-37)28-25-35(42)24-21-34-22-26-38(27-23-34)49-45-32-53(51-39-17-9-3-10-18-39)30-43(58-45)47-36-13-5-1-6-14-36;;;;/h1-33,47-52H,(H,55,56,57);;;;. The van der Waals surface area contributed by atoms with E-state index in [1.165, 1.54) is 17.8 Å². The molecule has 6 aromatic rings. The van der Waals surface area contributed by atoms with Crippen LogP contribution in [0.2, 0.25) is 0 Å². The molecular formula is C46H42N8Na2O3S3. The molecule has 0 fully saturated rings. The van der Waals surface area contributed by atoms with Crippen LogP contribution in [0.15, 0.2) is 214 Å². The molecule has 0 bridgehead atoms. The molecule has 2 heterocycles. The van der Waals surface area contributed by atoms with Crippen LogP contribution >= 0.6 is 23.5 Å². The molecule has 6 aromatic carbocycles. The molecule has 62 heavy (non-hydrogen) atoms. The molecule has 0 spiro atoms. The predicted octanol–water partition coefficient (Wildman–Crippen LogP) is 10.2. The van der Waals surface area contributed by atoms with Gasteiger partial charge in [0.2, 0.25) is 0 Å². The monoisotopic (exact) mass is 896 g/mol. The van der Waals surface area contributed by atoms with Crippen LogP contribution in [0.5, 0.6) is 0 Å². The van der Waals surface area contributed by atoms with Crippen LogP contribution in [-0.4, -0.2) is 82.1 Å². The fourth-order valence-corrected chi connectivity index (χ4v) is 8.58. The van der Waals surface area contributed by atoms with Crippen molar-refractivity contribution in [1.82, 2.24) is 10.0 Å². The van der Waals surface area contributed by atoms with Gasteiger partial charge in [-0.2, -0.15) is 8.42 Å². The Morgan fingerprint density at radius 1 is 0.435 bits per heavy atom. The number of nitrogens with one attached hydrogen (secondary N) is 6. The molecule has 0 aliphatic carbocycles. The predicted molar refractivity (Wildman–Crippen MR) is 265 cm³/mol. The molecular weight excluding hydrogens is 855 g/mol. The van der Waals surface area contributed by atoms with Crippen molar-refractivity contribution in [1.29, 1.82) is 0 Å². The average molecular weight is 897 g/mol. The van der Waals surface area contributed by atoms with E-state index in [1.54, 1.807) is 30.0 Å². The fraction of sp³-hybridized carbons (Fsp3) is 0. The van der Waals surface area contributed by atoms with E-state index in [1.807, 2.05) is 186 Å². The van der Waals surface area contributed by atoms with Crippen LogP contribution in [0.25, 0.3) is 12.2 Å². The Labute approximate surface area is 414 Å². The maximum absolute atomic E-state index is 12.7. The zero-order valence-corrected chi connectivity index (χ0v) is 34.4. The molecule has 0 saturated heterocycles. The molecule has 0 saturated carbocycles. The Bertz CT molecular complexity index is 2690. The van der Waals surface area contributed by atoms with Gasteiger partial charge >= 0.3 is 59.1 Å². The van der Waals surface area contributed by atoms with E-state index in [0.29, 0.717) is 16.3 Å². The molecule has 2 aliphatic rings.